The summed E-state index contributed by atoms with van der Waals surface area (Å²) in [5.74, 6) is -1.32. The maximum absolute atomic E-state index is 13.1. The Kier molecular flexibility index (Phi) is 4.42. The van der Waals surface area contributed by atoms with Crippen LogP contribution in [0.25, 0.3) is 0 Å². The van der Waals surface area contributed by atoms with Gasteiger partial charge >= 0.3 is 5.97 Å². The standard InChI is InChI=1S/C15H15FN2O2/c1-18(9-11-4-2-6-13(16)8-11)10-12-5-3-7-17-14(12)15(19)20/h2-8H,9-10H2,1H3,(H,19,20). The van der Waals surface area contributed by atoms with E-state index in [-0.39, 0.29) is 11.5 Å². The number of carboxylic acid groups (broad SMARTS) is 1. The van der Waals surface area contributed by atoms with E-state index in [2.05, 4.69) is 4.98 Å². The zero-order valence-electron chi connectivity index (χ0n) is 11.1. The van der Waals surface area contributed by atoms with Gasteiger partial charge in [0, 0.05) is 19.3 Å². The van der Waals surface area contributed by atoms with E-state index in [9.17, 15) is 9.18 Å². The first-order chi connectivity index (χ1) is 9.56. The summed E-state index contributed by atoms with van der Waals surface area (Å²) in [6.45, 7) is 0.970. The summed E-state index contributed by atoms with van der Waals surface area (Å²) in [4.78, 5) is 16.9. The average molecular weight is 274 g/mol. The molecule has 0 saturated carbocycles. The molecule has 0 aliphatic carbocycles. The summed E-state index contributed by atoms with van der Waals surface area (Å²) >= 11 is 0. The molecular formula is C15H15FN2O2. The van der Waals surface area contributed by atoms with Gasteiger partial charge < -0.3 is 5.11 Å². The van der Waals surface area contributed by atoms with Crippen LogP contribution in [-0.2, 0) is 13.1 Å². The highest BCUT2D eigenvalue weighted by molar-refractivity contribution is 5.86. The van der Waals surface area contributed by atoms with Crippen molar-refractivity contribution in [1.82, 2.24) is 9.88 Å². The fraction of sp³-hybridized carbons (Fsp3) is 0.200. The Labute approximate surface area is 116 Å². The highest BCUT2D eigenvalue weighted by Crippen LogP contribution is 2.12. The largest absolute Gasteiger partial charge is 0.477 e. The number of benzene rings is 1. The summed E-state index contributed by atoms with van der Waals surface area (Å²) in [6.07, 6.45) is 1.46. The van der Waals surface area contributed by atoms with Crippen molar-refractivity contribution < 1.29 is 14.3 Å². The van der Waals surface area contributed by atoms with Crippen molar-refractivity contribution in [1.29, 1.82) is 0 Å². The lowest BCUT2D eigenvalue weighted by Gasteiger charge is -2.17. The minimum absolute atomic E-state index is 0.0543. The molecule has 0 aliphatic heterocycles. The van der Waals surface area contributed by atoms with E-state index < -0.39 is 5.97 Å². The topological polar surface area (TPSA) is 53.4 Å². The molecule has 0 atom stereocenters. The first-order valence-electron chi connectivity index (χ1n) is 6.16. The van der Waals surface area contributed by atoms with E-state index in [4.69, 9.17) is 5.11 Å². The molecule has 2 rings (SSSR count). The van der Waals surface area contributed by atoms with E-state index in [0.717, 1.165) is 5.56 Å². The number of carbonyl (C=O) groups is 1. The Morgan fingerprint density at radius 1 is 1.30 bits per heavy atom. The van der Waals surface area contributed by atoms with Crippen molar-refractivity contribution in [3.63, 3.8) is 0 Å². The second-order valence-corrected chi connectivity index (χ2v) is 4.62. The van der Waals surface area contributed by atoms with Gasteiger partial charge in [-0.2, -0.15) is 0 Å². The lowest BCUT2D eigenvalue weighted by molar-refractivity contribution is 0.0688. The molecule has 0 fully saturated rings. The summed E-state index contributed by atoms with van der Waals surface area (Å²) in [7, 11) is 1.85. The SMILES string of the molecule is CN(Cc1cccc(F)c1)Cc1cccnc1C(=O)O. The van der Waals surface area contributed by atoms with Crippen LogP contribution in [0.2, 0.25) is 0 Å². The highest BCUT2D eigenvalue weighted by atomic mass is 19.1. The van der Waals surface area contributed by atoms with Crippen molar-refractivity contribution in [3.05, 3.63) is 65.2 Å². The molecule has 1 heterocycles. The molecule has 0 amide bonds. The number of carboxylic acids is 1. The molecule has 0 radical (unpaired) electrons. The normalized spacial score (nSPS) is 10.8. The third-order valence-electron chi connectivity index (χ3n) is 2.88. The predicted molar refractivity (Wildman–Crippen MR) is 72.8 cm³/mol. The molecule has 0 saturated heterocycles. The number of aromatic nitrogens is 1. The minimum atomic E-state index is -1.04. The first-order valence-corrected chi connectivity index (χ1v) is 6.16. The Balaban J connectivity index is 2.08. The van der Waals surface area contributed by atoms with Crippen molar-refractivity contribution in [2.75, 3.05) is 7.05 Å². The molecule has 0 unspecified atom stereocenters. The molecule has 2 aromatic rings. The molecule has 1 aromatic heterocycles. The number of halogens is 1. The molecule has 5 heteroatoms. The lowest BCUT2D eigenvalue weighted by atomic mass is 10.1. The minimum Gasteiger partial charge on any atom is -0.477 e. The quantitative estimate of drug-likeness (QED) is 0.910. The Morgan fingerprint density at radius 3 is 2.80 bits per heavy atom. The van der Waals surface area contributed by atoms with E-state index in [1.165, 1.54) is 18.3 Å². The van der Waals surface area contributed by atoms with E-state index in [1.54, 1.807) is 18.2 Å². The maximum atomic E-state index is 13.1. The number of hydrogen-bond acceptors (Lipinski definition) is 3. The number of nitrogens with zero attached hydrogens (tertiary/aromatic N) is 2. The molecule has 0 spiro atoms. The van der Waals surface area contributed by atoms with Crippen LogP contribution < -0.4 is 0 Å². The van der Waals surface area contributed by atoms with Crippen LogP contribution in [0.5, 0.6) is 0 Å². The summed E-state index contributed by atoms with van der Waals surface area (Å²) in [5.41, 5.74) is 1.53. The van der Waals surface area contributed by atoms with Gasteiger partial charge in [0.05, 0.1) is 0 Å². The van der Waals surface area contributed by atoms with Crippen LogP contribution >= 0.6 is 0 Å². The summed E-state index contributed by atoms with van der Waals surface area (Å²) in [5, 5.41) is 9.07. The molecule has 1 aromatic carbocycles. The molecule has 20 heavy (non-hydrogen) atoms. The van der Waals surface area contributed by atoms with Crippen LogP contribution in [0.3, 0.4) is 0 Å². The number of aromatic carboxylic acids is 1. The van der Waals surface area contributed by atoms with E-state index >= 15 is 0 Å². The van der Waals surface area contributed by atoms with Gasteiger partial charge in [-0.25, -0.2) is 14.2 Å². The zero-order valence-corrected chi connectivity index (χ0v) is 11.1. The number of rotatable bonds is 5. The molecule has 0 bridgehead atoms. The van der Waals surface area contributed by atoms with Crippen LogP contribution in [0, 0.1) is 5.82 Å². The van der Waals surface area contributed by atoms with Crippen LogP contribution in [0.1, 0.15) is 21.6 Å². The van der Waals surface area contributed by atoms with Crippen LogP contribution in [0.4, 0.5) is 4.39 Å². The molecule has 4 nitrogen and oxygen atoms in total. The molecule has 1 N–H and O–H groups in total. The Bertz CT molecular complexity index is 616. The van der Waals surface area contributed by atoms with Crippen molar-refractivity contribution in [3.8, 4) is 0 Å². The van der Waals surface area contributed by atoms with E-state index in [0.29, 0.717) is 18.7 Å². The van der Waals surface area contributed by atoms with Crippen LogP contribution in [0.15, 0.2) is 42.6 Å². The first kappa shape index (κ1) is 14.1. The average Bonchev–Trinajstić information content (AvgIpc) is 2.38. The van der Waals surface area contributed by atoms with Gasteiger partial charge in [-0.3, -0.25) is 4.90 Å². The van der Waals surface area contributed by atoms with Gasteiger partial charge in [0.2, 0.25) is 0 Å². The predicted octanol–water partition coefficient (Wildman–Crippen LogP) is 2.55. The summed E-state index contributed by atoms with van der Waals surface area (Å²) in [6, 6.07) is 9.80. The van der Waals surface area contributed by atoms with Gasteiger partial charge in [-0.05, 0) is 36.4 Å². The van der Waals surface area contributed by atoms with Gasteiger partial charge in [0.15, 0.2) is 5.69 Å². The molecule has 104 valence electrons. The van der Waals surface area contributed by atoms with Gasteiger partial charge in [-0.1, -0.05) is 18.2 Å². The fourth-order valence-electron chi connectivity index (χ4n) is 2.05. The van der Waals surface area contributed by atoms with Crippen molar-refractivity contribution >= 4 is 5.97 Å². The van der Waals surface area contributed by atoms with Crippen LogP contribution in [-0.4, -0.2) is 28.0 Å². The van der Waals surface area contributed by atoms with Gasteiger partial charge in [-0.15, -0.1) is 0 Å². The van der Waals surface area contributed by atoms with Gasteiger partial charge in [0.25, 0.3) is 0 Å². The third-order valence-corrected chi connectivity index (χ3v) is 2.88. The number of hydrogen-bond donors (Lipinski definition) is 1. The summed E-state index contributed by atoms with van der Waals surface area (Å²) < 4.78 is 13.1. The smallest absolute Gasteiger partial charge is 0.354 e. The van der Waals surface area contributed by atoms with Crippen molar-refractivity contribution in [2.24, 2.45) is 0 Å². The second-order valence-electron chi connectivity index (χ2n) is 4.62. The zero-order chi connectivity index (χ0) is 14.5. The van der Waals surface area contributed by atoms with E-state index in [1.807, 2.05) is 18.0 Å². The molecular weight excluding hydrogens is 259 g/mol. The third kappa shape index (κ3) is 3.61. The highest BCUT2D eigenvalue weighted by Gasteiger charge is 2.12. The Morgan fingerprint density at radius 2 is 2.10 bits per heavy atom. The number of pyridine rings is 1. The Hall–Kier alpha value is -2.27. The monoisotopic (exact) mass is 274 g/mol. The van der Waals surface area contributed by atoms with Gasteiger partial charge in [0.1, 0.15) is 5.82 Å². The fourth-order valence-corrected chi connectivity index (χ4v) is 2.05. The maximum Gasteiger partial charge on any atom is 0.354 e. The lowest BCUT2D eigenvalue weighted by Crippen LogP contribution is -2.19. The molecule has 0 aliphatic rings. The second kappa shape index (κ2) is 6.25. The van der Waals surface area contributed by atoms with Crippen molar-refractivity contribution in [2.45, 2.75) is 13.1 Å².